The lowest BCUT2D eigenvalue weighted by molar-refractivity contribution is -0.384. The predicted molar refractivity (Wildman–Crippen MR) is 115 cm³/mol. The van der Waals surface area contributed by atoms with E-state index in [1.54, 1.807) is 16.2 Å². The van der Waals surface area contributed by atoms with E-state index < -0.39 is 4.92 Å². The van der Waals surface area contributed by atoms with Gasteiger partial charge in [0.15, 0.2) is 5.13 Å². The molecule has 1 aliphatic heterocycles. The number of anilines is 1. The van der Waals surface area contributed by atoms with Gasteiger partial charge in [0.05, 0.1) is 15.1 Å². The summed E-state index contributed by atoms with van der Waals surface area (Å²) in [6.07, 6.45) is 0. The Hall–Kier alpha value is -3.00. The number of carbonyl (C=O) groups excluding carboxylic acids is 1. The van der Waals surface area contributed by atoms with E-state index in [0.29, 0.717) is 24.6 Å². The van der Waals surface area contributed by atoms with Crippen LogP contribution in [0.25, 0.3) is 10.2 Å². The summed E-state index contributed by atoms with van der Waals surface area (Å²) >= 11 is 1.69. The quantitative estimate of drug-likeness (QED) is 0.473. The van der Waals surface area contributed by atoms with Gasteiger partial charge in [-0.25, -0.2) is 4.98 Å². The van der Waals surface area contributed by atoms with Crippen molar-refractivity contribution in [2.24, 2.45) is 0 Å². The normalized spacial score (nSPS) is 14.6. The summed E-state index contributed by atoms with van der Waals surface area (Å²) in [4.78, 5) is 31.9. The van der Waals surface area contributed by atoms with E-state index in [-0.39, 0.29) is 11.6 Å². The highest BCUT2D eigenvalue weighted by Gasteiger charge is 2.24. The fourth-order valence-corrected chi connectivity index (χ4v) is 4.62. The number of rotatable bonds is 4. The van der Waals surface area contributed by atoms with Gasteiger partial charge in [-0.15, -0.1) is 0 Å². The number of nitrogens with zero attached hydrogens (tertiary/aromatic N) is 4. The minimum Gasteiger partial charge on any atom is -0.345 e. The van der Waals surface area contributed by atoms with Crippen molar-refractivity contribution in [2.45, 2.75) is 19.8 Å². The van der Waals surface area contributed by atoms with Crippen LogP contribution in [0.5, 0.6) is 0 Å². The van der Waals surface area contributed by atoms with Crippen LogP contribution in [0.15, 0.2) is 42.5 Å². The van der Waals surface area contributed by atoms with Crippen LogP contribution >= 0.6 is 11.3 Å². The number of para-hydroxylation sites is 1. The maximum absolute atomic E-state index is 12.7. The molecule has 1 aromatic heterocycles. The minimum absolute atomic E-state index is 0.0111. The van der Waals surface area contributed by atoms with Gasteiger partial charge >= 0.3 is 0 Å². The minimum atomic E-state index is -0.463. The highest BCUT2D eigenvalue weighted by Crippen LogP contribution is 2.33. The van der Waals surface area contributed by atoms with Crippen LogP contribution in [-0.4, -0.2) is 46.9 Å². The molecular formula is C21H22N4O3S. The number of carbonyl (C=O) groups is 1. The Morgan fingerprint density at radius 2 is 1.79 bits per heavy atom. The van der Waals surface area contributed by atoms with Crippen molar-refractivity contribution in [1.29, 1.82) is 0 Å². The third kappa shape index (κ3) is 3.80. The highest BCUT2D eigenvalue weighted by molar-refractivity contribution is 7.22. The second-order valence-corrected chi connectivity index (χ2v) is 8.44. The summed E-state index contributed by atoms with van der Waals surface area (Å²) in [6, 6.07) is 12.1. The van der Waals surface area contributed by atoms with E-state index in [1.165, 1.54) is 34.5 Å². The van der Waals surface area contributed by atoms with Crippen LogP contribution in [-0.2, 0) is 0 Å². The molecule has 0 radical (unpaired) electrons. The molecule has 1 saturated heterocycles. The van der Waals surface area contributed by atoms with E-state index in [0.717, 1.165) is 23.7 Å². The van der Waals surface area contributed by atoms with E-state index in [1.807, 2.05) is 0 Å². The Labute approximate surface area is 172 Å². The zero-order chi connectivity index (χ0) is 20.5. The van der Waals surface area contributed by atoms with Crippen LogP contribution in [0.3, 0.4) is 0 Å². The summed E-state index contributed by atoms with van der Waals surface area (Å²) in [5.41, 5.74) is 2.80. The predicted octanol–water partition coefficient (Wildman–Crippen LogP) is 4.29. The number of piperazine rings is 1. The van der Waals surface area contributed by atoms with E-state index in [4.69, 9.17) is 4.98 Å². The summed E-state index contributed by atoms with van der Waals surface area (Å²) in [5.74, 6) is 0.329. The second kappa shape index (κ2) is 7.79. The number of aromatic nitrogens is 1. The van der Waals surface area contributed by atoms with E-state index >= 15 is 0 Å². The zero-order valence-corrected chi connectivity index (χ0v) is 17.2. The van der Waals surface area contributed by atoms with Gasteiger partial charge in [0.1, 0.15) is 0 Å². The number of hydrogen-bond donors (Lipinski definition) is 0. The van der Waals surface area contributed by atoms with Gasteiger partial charge < -0.3 is 9.80 Å². The summed E-state index contributed by atoms with van der Waals surface area (Å²) in [7, 11) is 0. The number of amides is 1. The number of benzene rings is 2. The molecule has 7 nitrogen and oxygen atoms in total. The molecule has 2 aromatic carbocycles. The van der Waals surface area contributed by atoms with Crippen molar-refractivity contribution in [3.8, 4) is 0 Å². The first kappa shape index (κ1) is 19.3. The molecule has 3 aromatic rings. The Kier molecular flexibility index (Phi) is 5.19. The van der Waals surface area contributed by atoms with E-state index in [2.05, 4.69) is 36.9 Å². The maximum atomic E-state index is 12.7. The molecule has 0 aliphatic carbocycles. The van der Waals surface area contributed by atoms with Crippen molar-refractivity contribution in [2.75, 3.05) is 31.1 Å². The first-order valence-corrected chi connectivity index (χ1v) is 10.4. The largest absolute Gasteiger partial charge is 0.345 e. The molecule has 0 atom stereocenters. The lowest BCUT2D eigenvalue weighted by Crippen LogP contribution is -2.48. The van der Waals surface area contributed by atoms with Crippen LogP contribution in [0, 0.1) is 10.1 Å². The van der Waals surface area contributed by atoms with Crippen LogP contribution in [0.1, 0.15) is 35.7 Å². The molecule has 29 heavy (non-hydrogen) atoms. The average Bonchev–Trinajstić information content (AvgIpc) is 3.17. The first-order valence-electron chi connectivity index (χ1n) is 9.62. The topological polar surface area (TPSA) is 79.6 Å². The van der Waals surface area contributed by atoms with Crippen molar-refractivity contribution in [3.05, 3.63) is 63.7 Å². The molecule has 0 bridgehead atoms. The lowest BCUT2D eigenvalue weighted by Gasteiger charge is -2.34. The molecule has 0 spiro atoms. The molecule has 8 heteroatoms. The molecule has 0 N–H and O–H groups in total. The maximum Gasteiger partial charge on any atom is 0.269 e. The first-order chi connectivity index (χ1) is 13.9. The van der Waals surface area contributed by atoms with Gasteiger partial charge in [-0.3, -0.25) is 14.9 Å². The number of thiazole rings is 1. The molecule has 1 fully saturated rings. The summed E-state index contributed by atoms with van der Waals surface area (Å²) in [6.45, 7) is 6.99. The standard InChI is InChI=1S/C21H22N4O3S/c1-14(2)17-4-3-5-18-19(17)22-21(29-18)24-12-10-23(11-13-24)20(26)15-6-8-16(9-7-15)25(27)28/h3-9,14H,10-13H2,1-2H3. The van der Waals surface area contributed by atoms with Gasteiger partial charge in [-0.1, -0.05) is 37.3 Å². The molecule has 2 heterocycles. The van der Waals surface area contributed by atoms with Gasteiger partial charge in [0, 0.05) is 43.9 Å². The number of fused-ring (bicyclic) bond motifs is 1. The van der Waals surface area contributed by atoms with Gasteiger partial charge in [0.2, 0.25) is 0 Å². The summed E-state index contributed by atoms with van der Waals surface area (Å²) < 4.78 is 1.19. The average molecular weight is 410 g/mol. The Morgan fingerprint density at radius 1 is 1.10 bits per heavy atom. The summed E-state index contributed by atoms with van der Waals surface area (Å²) in [5, 5.41) is 11.8. The molecule has 1 amide bonds. The number of hydrogen-bond acceptors (Lipinski definition) is 6. The third-order valence-corrected chi connectivity index (χ3v) is 6.30. The third-order valence-electron chi connectivity index (χ3n) is 5.22. The Morgan fingerprint density at radius 3 is 2.41 bits per heavy atom. The van der Waals surface area contributed by atoms with Crippen molar-refractivity contribution < 1.29 is 9.72 Å². The smallest absolute Gasteiger partial charge is 0.269 e. The van der Waals surface area contributed by atoms with Crippen LogP contribution < -0.4 is 4.90 Å². The zero-order valence-electron chi connectivity index (χ0n) is 16.4. The van der Waals surface area contributed by atoms with E-state index in [9.17, 15) is 14.9 Å². The number of nitro benzene ring substituents is 1. The fraction of sp³-hybridized carbons (Fsp3) is 0.333. The van der Waals surface area contributed by atoms with Crippen LogP contribution in [0.4, 0.5) is 10.8 Å². The highest BCUT2D eigenvalue weighted by atomic mass is 32.1. The van der Waals surface area contributed by atoms with Crippen LogP contribution in [0.2, 0.25) is 0 Å². The fourth-order valence-electron chi connectivity index (χ4n) is 3.57. The molecule has 1 aliphatic rings. The second-order valence-electron chi connectivity index (χ2n) is 7.43. The molecule has 0 saturated carbocycles. The van der Waals surface area contributed by atoms with Crippen molar-refractivity contribution >= 4 is 38.3 Å². The van der Waals surface area contributed by atoms with Gasteiger partial charge in [0.25, 0.3) is 11.6 Å². The Balaban J connectivity index is 1.45. The van der Waals surface area contributed by atoms with Crippen molar-refractivity contribution in [3.63, 3.8) is 0 Å². The van der Waals surface area contributed by atoms with Crippen molar-refractivity contribution in [1.82, 2.24) is 9.88 Å². The SMILES string of the molecule is CC(C)c1cccc2sc(N3CCN(C(=O)c4ccc([N+](=O)[O-])cc4)CC3)nc12. The molecule has 0 unspecified atom stereocenters. The molecule has 4 rings (SSSR count). The monoisotopic (exact) mass is 410 g/mol. The molecular weight excluding hydrogens is 388 g/mol. The Bertz CT molecular complexity index is 1050. The van der Waals surface area contributed by atoms with Gasteiger partial charge in [-0.05, 0) is 29.7 Å². The number of nitro groups is 1. The number of non-ortho nitro benzene ring substituents is 1. The van der Waals surface area contributed by atoms with Gasteiger partial charge in [-0.2, -0.15) is 0 Å². The lowest BCUT2D eigenvalue weighted by atomic mass is 10.0. The molecule has 150 valence electrons.